The van der Waals surface area contributed by atoms with Crippen molar-refractivity contribution in [3.63, 3.8) is 0 Å². The Hall–Kier alpha value is -2.88. The summed E-state index contributed by atoms with van der Waals surface area (Å²) >= 11 is 0.962. The summed E-state index contributed by atoms with van der Waals surface area (Å²) in [6.07, 6.45) is -2.48. The number of rotatable bonds is 6. The average Bonchev–Trinajstić information content (AvgIpc) is 2.95. The SMILES string of the molecule is CCOCCCn1c(=C(C#N)C#N)sc(=Cc2ccc(C(F)(F)F)cc2)c1=O. The summed E-state index contributed by atoms with van der Waals surface area (Å²) in [5.74, 6) is 0. The molecule has 1 aromatic heterocycles. The number of hydrogen-bond acceptors (Lipinski definition) is 5. The number of aromatic nitrogens is 1. The smallest absolute Gasteiger partial charge is 0.382 e. The predicted molar refractivity (Wildman–Crippen MR) is 98.6 cm³/mol. The molecule has 0 aliphatic rings. The monoisotopic (exact) mass is 407 g/mol. The van der Waals surface area contributed by atoms with Gasteiger partial charge in [-0.05, 0) is 37.1 Å². The highest BCUT2D eigenvalue weighted by Gasteiger charge is 2.29. The van der Waals surface area contributed by atoms with Crippen molar-refractivity contribution >= 4 is 23.0 Å². The molecule has 0 atom stereocenters. The summed E-state index contributed by atoms with van der Waals surface area (Å²) < 4.78 is 45.0. The minimum Gasteiger partial charge on any atom is -0.382 e. The van der Waals surface area contributed by atoms with Crippen molar-refractivity contribution in [2.75, 3.05) is 13.2 Å². The first-order chi connectivity index (χ1) is 13.3. The molecule has 0 amide bonds. The summed E-state index contributed by atoms with van der Waals surface area (Å²) in [4.78, 5) is 12.7. The number of nitrogens with zero attached hydrogens (tertiary/aromatic N) is 3. The lowest BCUT2D eigenvalue weighted by Crippen LogP contribution is -2.32. The highest BCUT2D eigenvalue weighted by molar-refractivity contribution is 7.07. The highest BCUT2D eigenvalue weighted by Crippen LogP contribution is 2.29. The van der Waals surface area contributed by atoms with E-state index in [0.717, 1.165) is 23.5 Å². The van der Waals surface area contributed by atoms with Gasteiger partial charge in [-0.15, -0.1) is 11.3 Å². The molecule has 28 heavy (non-hydrogen) atoms. The largest absolute Gasteiger partial charge is 0.416 e. The van der Waals surface area contributed by atoms with E-state index < -0.39 is 17.3 Å². The molecule has 0 saturated carbocycles. The van der Waals surface area contributed by atoms with Gasteiger partial charge in [0.2, 0.25) is 0 Å². The second kappa shape index (κ2) is 9.36. The maximum Gasteiger partial charge on any atom is 0.416 e. The first-order valence-electron chi connectivity index (χ1n) is 8.32. The minimum atomic E-state index is -4.44. The number of halogens is 3. The molecule has 0 fully saturated rings. The van der Waals surface area contributed by atoms with Crippen molar-refractivity contribution in [3.8, 4) is 12.1 Å². The van der Waals surface area contributed by atoms with Crippen LogP contribution in [0.5, 0.6) is 0 Å². The van der Waals surface area contributed by atoms with E-state index >= 15 is 0 Å². The maximum atomic E-state index is 12.7. The van der Waals surface area contributed by atoms with E-state index in [0.29, 0.717) is 25.2 Å². The van der Waals surface area contributed by atoms with Crippen LogP contribution >= 0.6 is 11.3 Å². The Morgan fingerprint density at radius 2 is 1.89 bits per heavy atom. The van der Waals surface area contributed by atoms with Gasteiger partial charge in [-0.1, -0.05) is 12.1 Å². The van der Waals surface area contributed by atoms with Crippen LogP contribution < -0.4 is 14.8 Å². The average molecular weight is 407 g/mol. The Labute approximate surface area is 162 Å². The molecule has 2 rings (SSSR count). The molecule has 0 aliphatic heterocycles. The Balaban J connectivity index is 2.53. The first kappa shape index (κ1) is 21.4. The summed E-state index contributed by atoms with van der Waals surface area (Å²) in [7, 11) is 0. The Bertz CT molecular complexity index is 1070. The summed E-state index contributed by atoms with van der Waals surface area (Å²) in [5, 5.41) is 18.3. The van der Waals surface area contributed by atoms with Gasteiger partial charge in [0.05, 0.1) is 10.1 Å². The van der Waals surface area contributed by atoms with Crippen LogP contribution in [-0.4, -0.2) is 17.8 Å². The molecule has 0 bridgehead atoms. The highest BCUT2D eigenvalue weighted by atomic mass is 32.1. The topological polar surface area (TPSA) is 78.8 Å². The molecule has 0 spiro atoms. The molecule has 0 aliphatic carbocycles. The Kier molecular flexibility index (Phi) is 7.16. The van der Waals surface area contributed by atoms with Crippen LogP contribution in [0.2, 0.25) is 0 Å². The van der Waals surface area contributed by atoms with Crippen molar-refractivity contribution < 1.29 is 17.9 Å². The predicted octanol–water partition coefficient (Wildman–Crippen LogP) is 2.38. The summed E-state index contributed by atoms with van der Waals surface area (Å²) in [6, 6.07) is 7.94. The second-order valence-electron chi connectivity index (χ2n) is 5.64. The molecule has 2 aromatic rings. The number of thiazole rings is 1. The molecule has 0 unspecified atom stereocenters. The van der Waals surface area contributed by atoms with Gasteiger partial charge in [0, 0.05) is 19.8 Å². The lowest BCUT2D eigenvalue weighted by molar-refractivity contribution is -0.137. The van der Waals surface area contributed by atoms with Crippen LogP contribution in [0, 0.1) is 22.7 Å². The fourth-order valence-corrected chi connectivity index (χ4v) is 3.50. The maximum absolute atomic E-state index is 12.7. The standard InChI is InChI=1S/C19H16F3N3O2S/c1-2-27-9-3-8-25-17(26)16(28-18(25)14(11-23)12-24)10-13-4-6-15(7-5-13)19(20,21)22/h4-7,10H,2-3,8-9H2,1H3. The zero-order valence-electron chi connectivity index (χ0n) is 14.9. The zero-order chi connectivity index (χ0) is 20.7. The Morgan fingerprint density at radius 1 is 1.25 bits per heavy atom. The van der Waals surface area contributed by atoms with Crippen LogP contribution in [-0.2, 0) is 17.5 Å². The van der Waals surface area contributed by atoms with Crippen molar-refractivity contribution in [2.45, 2.75) is 26.1 Å². The molecule has 0 radical (unpaired) electrons. The third-order valence-corrected chi connectivity index (χ3v) is 4.89. The fraction of sp³-hybridized carbons (Fsp3) is 0.316. The lowest BCUT2D eigenvalue weighted by Gasteiger charge is -2.05. The normalized spacial score (nSPS) is 11.9. The van der Waals surface area contributed by atoms with Crippen LogP contribution in [0.4, 0.5) is 13.2 Å². The number of ether oxygens (including phenoxy) is 1. The minimum absolute atomic E-state index is 0.189. The molecule has 5 nitrogen and oxygen atoms in total. The quantitative estimate of drug-likeness (QED) is 0.689. The number of alkyl halides is 3. The van der Waals surface area contributed by atoms with E-state index in [1.807, 2.05) is 6.92 Å². The molecule has 1 heterocycles. The van der Waals surface area contributed by atoms with E-state index in [2.05, 4.69) is 0 Å². The number of nitriles is 2. The third-order valence-electron chi connectivity index (χ3n) is 3.76. The first-order valence-corrected chi connectivity index (χ1v) is 9.14. The van der Waals surface area contributed by atoms with E-state index in [4.69, 9.17) is 15.3 Å². The molecule has 0 N–H and O–H groups in total. The fourth-order valence-electron chi connectivity index (χ4n) is 2.42. The molecule has 9 heteroatoms. The molecular formula is C19H16F3N3O2S. The number of benzene rings is 1. The lowest BCUT2D eigenvalue weighted by atomic mass is 10.1. The zero-order valence-corrected chi connectivity index (χ0v) is 15.7. The van der Waals surface area contributed by atoms with Crippen LogP contribution in [0.25, 0.3) is 11.6 Å². The van der Waals surface area contributed by atoms with Crippen LogP contribution in [0.3, 0.4) is 0 Å². The van der Waals surface area contributed by atoms with E-state index in [1.165, 1.54) is 22.8 Å². The van der Waals surface area contributed by atoms with Crippen molar-refractivity contribution in [1.29, 1.82) is 10.5 Å². The van der Waals surface area contributed by atoms with Gasteiger partial charge in [0.25, 0.3) is 5.56 Å². The van der Waals surface area contributed by atoms with Gasteiger partial charge in [0.15, 0.2) is 5.57 Å². The van der Waals surface area contributed by atoms with Crippen LogP contribution in [0.1, 0.15) is 24.5 Å². The number of hydrogen-bond donors (Lipinski definition) is 0. The van der Waals surface area contributed by atoms with Crippen LogP contribution in [0.15, 0.2) is 29.1 Å². The van der Waals surface area contributed by atoms with Crippen molar-refractivity contribution in [1.82, 2.24) is 4.57 Å². The van der Waals surface area contributed by atoms with Gasteiger partial charge in [-0.2, -0.15) is 23.7 Å². The third kappa shape index (κ3) is 5.10. The second-order valence-corrected chi connectivity index (χ2v) is 6.67. The van der Waals surface area contributed by atoms with E-state index in [9.17, 15) is 18.0 Å². The summed E-state index contributed by atoms with van der Waals surface area (Å²) in [5.41, 5.74) is -0.964. The van der Waals surface area contributed by atoms with Crippen molar-refractivity contribution in [3.05, 3.63) is 54.9 Å². The molecular weight excluding hydrogens is 391 g/mol. The Morgan fingerprint density at radius 3 is 2.43 bits per heavy atom. The van der Waals surface area contributed by atoms with Gasteiger partial charge < -0.3 is 4.74 Å². The van der Waals surface area contributed by atoms with E-state index in [1.54, 1.807) is 12.1 Å². The van der Waals surface area contributed by atoms with E-state index in [-0.39, 0.29) is 21.3 Å². The summed E-state index contributed by atoms with van der Waals surface area (Å²) in [6.45, 7) is 3.06. The molecule has 0 saturated heterocycles. The molecule has 1 aromatic carbocycles. The van der Waals surface area contributed by atoms with Gasteiger partial charge in [-0.25, -0.2) is 0 Å². The molecule has 146 valence electrons. The van der Waals surface area contributed by atoms with Gasteiger partial charge in [0.1, 0.15) is 16.8 Å². The van der Waals surface area contributed by atoms with Crippen molar-refractivity contribution in [2.24, 2.45) is 0 Å². The van der Waals surface area contributed by atoms with Gasteiger partial charge >= 0.3 is 6.18 Å². The van der Waals surface area contributed by atoms with Gasteiger partial charge in [-0.3, -0.25) is 9.36 Å².